The van der Waals surface area contributed by atoms with Gasteiger partial charge in [0.25, 0.3) is 0 Å². The molecule has 1 aromatic heterocycles. The molecule has 0 saturated carbocycles. The smallest absolute Gasteiger partial charge is 0.433 e. The summed E-state index contributed by atoms with van der Waals surface area (Å²) in [5, 5.41) is 19.8. The van der Waals surface area contributed by atoms with Crippen LogP contribution >= 0.6 is 0 Å². The first-order chi connectivity index (χ1) is 14.8. The molecule has 13 heteroatoms. The number of carboxylic acid groups (broad SMARTS) is 1. The average Bonchev–Trinajstić information content (AvgIpc) is 3.06. The second kappa shape index (κ2) is 8.24. The summed E-state index contributed by atoms with van der Waals surface area (Å²) in [5.41, 5.74) is -2.67. The molecule has 3 aromatic rings. The van der Waals surface area contributed by atoms with Crippen LogP contribution in [0.25, 0.3) is 22.4 Å². The van der Waals surface area contributed by atoms with Gasteiger partial charge in [-0.05, 0) is 29.8 Å². The van der Waals surface area contributed by atoms with Crippen LogP contribution in [-0.2, 0) is 27.5 Å². The van der Waals surface area contributed by atoms with Crippen molar-refractivity contribution in [2.45, 2.75) is 17.6 Å². The van der Waals surface area contributed by atoms with Crippen LogP contribution in [0.5, 0.6) is 5.75 Å². The minimum atomic E-state index is -5.08. The molecule has 0 bridgehead atoms. The zero-order valence-corrected chi connectivity index (χ0v) is 17.0. The van der Waals surface area contributed by atoms with Crippen LogP contribution in [0, 0.1) is 5.82 Å². The van der Waals surface area contributed by atoms with E-state index in [-0.39, 0.29) is 32.1 Å². The van der Waals surface area contributed by atoms with Crippen molar-refractivity contribution in [2.75, 3.05) is 7.11 Å². The van der Waals surface area contributed by atoms with Crippen LogP contribution in [0.15, 0.2) is 47.4 Å². The number of aromatic nitrogens is 2. The normalized spacial score (nSPS) is 12.1. The van der Waals surface area contributed by atoms with Crippen molar-refractivity contribution in [3.8, 4) is 28.1 Å². The number of sulfonamides is 1. The molecule has 0 aliphatic carbocycles. The van der Waals surface area contributed by atoms with Crippen LogP contribution in [-0.4, -0.2) is 31.3 Å². The fourth-order valence-electron chi connectivity index (χ4n) is 3.09. The molecular formula is C19H14F4N3O5S-. The summed E-state index contributed by atoms with van der Waals surface area (Å²) in [6.07, 6.45) is -5.08. The zero-order chi connectivity index (χ0) is 23.8. The number of nitrogens with zero attached hydrogens (tertiary/aromatic N) is 2. The molecule has 3 rings (SSSR count). The number of carbonyl (C=O) groups excluding carboxylic acids is 1. The van der Waals surface area contributed by atoms with Gasteiger partial charge in [0.05, 0.1) is 24.5 Å². The van der Waals surface area contributed by atoms with E-state index in [1.54, 1.807) is 0 Å². The molecule has 0 saturated heterocycles. The predicted molar refractivity (Wildman–Crippen MR) is 101 cm³/mol. The summed E-state index contributed by atoms with van der Waals surface area (Å²) >= 11 is 0. The summed E-state index contributed by atoms with van der Waals surface area (Å²) in [7, 11) is -2.90. The first-order valence-corrected chi connectivity index (χ1v) is 10.2. The van der Waals surface area contributed by atoms with Gasteiger partial charge < -0.3 is 14.6 Å². The summed E-state index contributed by atoms with van der Waals surface area (Å²) in [5.74, 6) is -3.01. The second-order valence-electron chi connectivity index (χ2n) is 6.52. The number of alkyl halides is 3. The first-order valence-electron chi connectivity index (χ1n) is 8.68. The highest BCUT2D eigenvalue weighted by Gasteiger charge is 2.40. The SMILES string of the molecule is COc1ccc(-c2c(-c3ccc(S(N)(=O)=O)cc3)nn(CC(=O)[O-])c2C(F)(F)F)cc1F. The number of nitrogens with two attached hydrogens (primary N) is 1. The van der Waals surface area contributed by atoms with Gasteiger partial charge in [-0.3, -0.25) is 4.68 Å². The molecule has 1 heterocycles. The van der Waals surface area contributed by atoms with E-state index in [2.05, 4.69) is 5.10 Å². The van der Waals surface area contributed by atoms with E-state index in [0.717, 1.165) is 42.5 Å². The lowest BCUT2D eigenvalue weighted by Gasteiger charge is -2.14. The summed E-state index contributed by atoms with van der Waals surface area (Å²) in [6, 6.07) is 7.44. The number of hydrogen-bond donors (Lipinski definition) is 1. The Morgan fingerprint density at radius 1 is 1.16 bits per heavy atom. The molecule has 0 unspecified atom stereocenters. The number of methoxy groups -OCH3 is 1. The number of carbonyl (C=O) groups is 1. The molecular weight excluding hydrogens is 458 g/mol. The molecule has 2 N–H and O–H groups in total. The Kier molecular flexibility index (Phi) is 5.98. The third-order valence-corrected chi connectivity index (χ3v) is 5.33. The number of rotatable bonds is 6. The molecule has 8 nitrogen and oxygen atoms in total. The maximum atomic E-state index is 14.3. The summed E-state index contributed by atoms with van der Waals surface area (Å²) in [6.45, 7) is -1.23. The number of carboxylic acids is 1. The van der Waals surface area contributed by atoms with Crippen molar-refractivity contribution in [1.29, 1.82) is 0 Å². The fraction of sp³-hybridized carbons (Fsp3) is 0.158. The van der Waals surface area contributed by atoms with E-state index in [0.29, 0.717) is 0 Å². The van der Waals surface area contributed by atoms with Gasteiger partial charge in [0.15, 0.2) is 17.3 Å². The third kappa shape index (κ3) is 4.57. The molecule has 0 atom stereocenters. The van der Waals surface area contributed by atoms with Gasteiger partial charge in [-0.15, -0.1) is 0 Å². The highest BCUT2D eigenvalue weighted by molar-refractivity contribution is 7.89. The Hall–Kier alpha value is -3.45. The minimum absolute atomic E-state index is 0.00576. The van der Waals surface area contributed by atoms with E-state index in [1.807, 2.05) is 0 Å². The van der Waals surface area contributed by atoms with Gasteiger partial charge in [0, 0.05) is 11.1 Å². The Morgan fingerprint density at radius 2 is 1.75 bits per heavy atom. The molecule has 0 aliphatic heterocycles. The van der Waals surface area contributed by atoms with Crippen molar-refractivity contribution >= 4 is 16.0 Å². The Balaban J connectivity index is 2.34. The molecule has 2 aromatic carbocycles. The van der Waals surface area contributed by atoms with Crippen molar-refractivity contribution < 1.29 is 40.6 Å². The third-order valence-electron chi connectivity index (χ3n) is 4.40. The lowest BCUT2D eigenvalue weighted by atomic mass is 9.98. The monoisotopic (exact) mass is 472 g/mol. The number of benzene rings is 2. The van der Waals surface area contributed by atoms with Gasteiger partial charge in [-0.1, -0.05) is 18.2 Å². The fourth-order valence-corrected chi connectivity index (χ4v) is 3.60. The second-order valence-corrected chi connectivity index (χ2v) is 8.08. The zero-order valence-electron chi connectivity index (χ0n) is 16.2. The maximum absolute atomic E-state index is 14.3. The van der Waals surface area contributed by atoms with Crippen LogP contribution in [0.3, 0.4) is 0 Å². The average molecular weight is 472 g/mol. The number of aliphatic carboxylic acids is 1. The van der Waals surface area contributed by atoms with Gasteiger partial charge in [0.1, 0.15) is 5.69 Å². The topological polar surface area (TPSA) is 127 Å². The van der Waals surface area contributed by atoms with Crippen LogP contribution in [0.1, 0.15) is 5.69 Å². The Bertz CT molecular complexity index is 1290. The van der Waals surface area contributed by atoms with Gasteiger partial charge in [-0.2, -0.15) is 18.3 Å². The number of halogens is 4. The first kappa shape index (κ1) is 23.2. The van der Waals surface area contributed by atoms with Crippen molar-refractivity contribution in [1.82, 2.24) is 9.78 Å². The van der Waals surface area contributed by atoms with Gasteiger partial charge >= 0.3 is 6.18 Å². The maximum Gasteiger partial charge on any atom is 0.433 e. The molecule has 0 spiro atoms. The number of hydrogen-bond acceptors (Lipinski definition) is 6. The summed E-state index contributed by atoms with van der Waals surface area (Å²) in [4.78, 5) is 10.7. The standard InChI is InChI=1S/C19H15F4N3O5S/c1-31-14-7-4-11(8-13(14)20)16-17(10-2-5-12(6-3-10)32(24,29)30)25-26(9-15(27)28)18(16)19(21,22)23/h2-8H,9H2,1H3,(H,27,28)(H2,24,29,30)/p-1. The van der Waals surface area contributed by atoms with Crippen molar-refractivity contribution in [3.63, 3.8) is 0 Å². The van der Waals surface area contributed by atoms with Gasteiger partial charge in [0.2, 0.25) is 10.0 Å². The molecule has 0 radical (unpaired) electrons. The van der Waals surface area contributed by atoms with Crippen LogP contribution < -0.4 is 15.0 Å². The summed E-state index contributed by atoms with van der Waals surface area (Å²) < 4.78 is 84.0. The van der Waals surface area contributed by atoms with E-state index >= 15 is 0 Å². The molecule has 170 valence electrons. The number of primary sulfonamides is 1. The largest absolute Gasteiger partial charge is 0.548 e. The van der Waals surface area contributed by atoms with Crippen molar-refractivity contribution in [3.05, 3.63) is 54.0 Å². The van der Waals surface area contributed by atoms with Crippen LogP contribution in [0.2, 0.25) is 0 Å². The van der Waals surface area contributed by atoms with E-state index in [4.69, 9.17) is 9.88 Å². The highest BCUT2D eigenvalue weighted by atomic mass is 32.2. The van der Waals surface area contributed by atoms with E-state index in [1.165, 1.54) is 7.11 Å². The quantitative estimate of drug-likeness (QED) is 0.545. The Labute approximate surface area is 178 Å². The minimum Gasteiger partial charge on any atom is -0.548 e. The molecule has 0 amide bonds. The van der Waals surface area contributed by atoms with Crippen LogP contribution in [0.4, 0.5) is 17.6 Å². The molecule has 0 aliphatic rings. The lowest BCUT2D eigenvalue weighted by Crippen LogP contribution is -2.30. The predicted octanol–water partition coefficient (Wildman–Crippen LogP) is 1.78. The molecule has 32 heavy (non-hydrogen) atoms. The van der Waals surface area contributed by atoms with E-state index in [9.17, 15) is 35.9 Å². The number of ether oxygens (including phenoxy) is 1. The Morgan fingerprint density at radius 3 is 2.22 bits per heavy atom. The highest BCUT2D eigenvalue weighted by Crippen LogP contribution is 2.43. The van der Waals surface area contributed by atoms with E-state index < -0.39 is 45.8 Å². The lowest BCUT2D eigenvalue weighted by molar-refractivity contribution is -0.306. The molecule has 0 fully saturated rings. The van der Waals surface area contributed by atoms with Gasteiger partial charge in [-0.25, -0.2) is 17.9 Å². The van der Waals surface area contributed by atoms with Crippen molar-refractivity contribution in [2.24, 2.45) is 5.14 Å².